The zero-order valence-corrected chi connectivity index (χ0v) is 23.2. The molecule has 3 aromatic carbocycles. The number of aromatic amines is 1. The minimum Gasteiger partial charge on any atom is -0.497 e. The van der Waals surface area contributed by atoms with E-state index in [-0.39, 0.29) is 18.4 Å². The van der Waals surface area contributed by atoms with Crippen LogP contribution < -0.4 is 4.74 Å². The number of nitrogens with one attached hydrogen (secondary N) is 1. The van der Waals surface area contributed by atoms with Crippen LogP contribution in [0.4, 0.5) is 0 Å². The monoisotopic (exact) mass is 539 g/mol. The standard InChI is InChI=1S/C33H37N3O4/c1-39-22-8-20-35(32(37)18-15-26-9-4-3-5-10-26)25-33(38)36(24-27-13-16-29(40-2)17-14-27)21-19-28-23-34-31-12-7-6-11-30(28)31/h3-7,9-18,23,34H,8,19-22,24-25H2,1-2H3. The highest BCUT2D eigenvalue weighted by Gasteiger charge is 2.21. The van der Waals surface area contributed by atoms with Crippen molar-refractivity contribution in [2.45, 2.75) is 19.4 Å². The Morgan fingerprint density at radius 1 is 0.875 bits per heavy atom. The molecule has 0 aliphatic heterocycles. The summed E-state index contributed by atoms with van der Waals surface area (Å²) in [7, 11) is 3.27. The highest BCUT2D eigenvalue weighted by Crippen LogP contribution is 2.19. The van der Waals surface area contributed by atoms with Gasteiger partial charge in [0.25, 0.3) is 0 Å². The fourth-order valence-corrected chi connectivity index (χ4v) is 4.60. The molecule has 0 unspecified atom stereocenters. The third-order valence-electron chi connectivity index (χ3n) is 6.84. The molecule has 4 aromatic rings. The molecule has 0 spiro atoms. The molecule has 1 aromatic heterocycles. The predicted molar refractivity (Wildman–Crippen MR) is 159 cm³/mol. The van der Waals surface area contributed by atoms with Crippen LogP contribution in [0.25, 0.3) is 17.0 Å². The van der Waals surface area contributed by atoms with E-state index in [0.717, 1.165) is 33.3 Å². The molecular formula is C33H37N3O4. The number of nitrogens with zero attached hydrogens (tertiary/aromatic N) is 2. The van der Waals surface area contributed by atoms with Crippen molar-refractivity contribution >= 4 is 28.8 Å². The number of amides is 2. The minimum absolute atomic E-state index is 0.00822. The van der Waals surface area contributed by atoms with Gasteiger partial charge in [-0.3, -0.25) is 9.59 Å². The van der Waals surface area contributed by atoms with Gasteiger partial charge in [0.1, 0.15) is 12.3 Å². The Morgan fingerprint density at radius 2 is 1.62 bits per heavy atom. The predicted octanol–water partition coefficient (Wildman–Crippen LogP) is 5.33. The van der Waals surface area contributed by atoms with Crippen LogP contribution in [0, 0.1) is 0 Å². The number of aromatic nitrogens is 1. The van der Waals surface area contributed by atoms with Crippen molar-refractivity contribution in [3.8, 4) is 5.75 Å². The van der Waals surface area contributed by atoms with Crippen LogP contribution in [0.5, 0.6) is 5.75 Å². The zero-order valence-electron chi connectivity index (χ0n) is 23.2. The van der Waals surface area contributed by atoms with E-state index < -0.39 is 0 Å². The maximum Gasteiger partial charge on any atom is 0.247 e. The lowest BCUT2D eigenvalue weighted by Gasteiger charge is -2.27. The Kier molecular flexibility index (Phi) is 10.5. The Bertz CT molecular complexity index is 1400. The lowest BCUT2D eigenvalue weighted by atomic mass is 10.1. The second kappa shape index (κ2) is 14.7. The average molecular weight is 540 g/mol. The number of rotatable bonds is 14. The van der Waals surface area contributed by atoms with Crippen molar-refractivity contribution in [1.29, 1.82) is 0 Å². The molecule has 208 valence electrons. The topological polar surface area (TPSA) is 74.9 Å². The number of H-pyrrole nitrogens is 1. The maximum atomic E-state index is 13.8. The maximum absolute atomic E-state index is 13.8. The third kappa shape index (κ3) is 8.07. The summed E-state index contributed by atoms with van der Waals surface area (Å²) in [6.07, 6.45) is 6.66. The van der Waals surface area contributed by atoms with Crippen LogP contribution >= 0.6 is 0 Å². The first-order chi connectivity index (χ1) is 19.6. The summed E-state index contributed by atoms with van der Waals surface area (Å²) in [6.45, 7) is 1.89. The number of hydrogen-bond acceptors (Lipinski definition) is 4. The number of para-hydroxylation sites is 1. The molecule has 1 N–H and O–H groups in total. The number of fused-ring (bicyclic) bond motifs is 1. The van der Waals surface area contributed by atoms with Gasteiger partial charge in [-0.25, -0.2) is 0 Å². The number of carbonyl (C=O) groups excluding carboxylic acids is 2. The lowest BCUT2D eigenvalue weighted by Crippen LogP contribution is -2.43. The number of benzene rings is 3. The number of methoxy groups -OCH3 is 2. The van der Waals surface area contributed by atoms with Crippen LogP contribution in [-0.4, -0.2) is 67.1 Å². The van der Waals surface area contributed by atoms with Gasteiger partial charge in [-0.15, -0.1) is 0 Å². The van der Waals surface area contributed by atoms with Gasteiger partial charge in [0, 0.05) is 56.5 Å². The summed E-state index contributed by atoms with van der Waals surface area (Å²) in [5, 5.41) is 1.15. The number of hydrogen-bond donors (Lipinski definition) is 1. The molecular weight excluding hydrogens is 502 g/mol. The molecule has 0 aliphatic carbocycles. The molecule has 40 heavy (non-hydrogen) atoms. The van der Waals surface area contributed by atoms with Crippen molar-refractivity contribution in [3.05, 3.63) is 108 Å². The molecule has 0 aliphatic rings. The van der Waals surface area contributed by atoms with Crippen molar-refractivity contribution in [2.24, 2.45) is 0 Å². The van der Waals surface area contributed by atoms with Crippen molar-refractivity contribution in [3.63, 3.8) is 0 Å². The van der Waals surface area contributed by atoms with Gasteiger partial charge >= 0.3 is 0 Å². The summed E-state index contributed by atoms with van der Waals surface area (Å²) in [6, 6.07) is 25.5. The summed E-state index contributed by atoms with van der Waals surface area (Å²) >= 11 is 0. The van der Waals surface area contributed by atoms with E-state index in [0.29, 0.717) is 39.1 Å². The van der Waals surface area contributed by atoms with Crippen LogP contribution in [0.3, 0.4) is 0 Å². The molecule has 0 atom stereocenters. The Balaban J connectivity index is 1.51. The molecule has 2 amide bonds. The van der Waals surface area contributed by atoms with Crippen LogP contribution in [0.2, 0.25) is 0 Å². The summed E-state index contributed by atoms with van der Waals surface area (Å²) in [5.41, 5.74) is 4.15. The van der Waals surface area contributed by atoms with E-state index >= 15 is 0 Å². The molecule has 1 heterocycles. The normalized spacial score (nSPS) is 11.2. The van der Waals surface area contributed by atoms with Gasteiger partial charge in [0.15, 0.2) is 0 Å². The van der Waals surface area contributed by atoms with E-state index in [4.69, 9.17) is 9.47 Å². The fourth-order valence-electron chi connectivity index (χ4n) is 4.60. The molecule has 7 heteroatoms. The largest absolute Gasteiger partial charge is 0.497 e. The third-order valence-corrected chi connectivity index (χ3v) is 6.84. The zero-order chi connectivity index (χ0) is 28.2. The van der Waals surface area contributed by atoms with E-state index in [9.17, 15) is 9.59 Å². The molecule has 7 nitrogen and oxygen atoms in total. The average Bonchev–Trinajstić information content (AvgIpc) is 3.41. The molecule has 0 saturated carbocycles. The minimum atomic E-state index is -0.200. The summed E-state index contributed by atoms with van der Waals surface area (Å²) in [4.78, 5) is 33.7. The first-order valence-corrected chi connectivity index (χ1v) is 13.5. The molecule has 0 saturated heterocycles. The Labute approximate surface area is 236 Å². The second-order valence-electron chi connectivity index (χ2n) is 9.62. The van der Waals surface area contributed by atoms with Crippen LogP contribution in [-0.2, 0) is 27.3 Å². The molecule has 0 radical (unpaired) electrons. The number of carbonyl (C=O) groups is 2. The number of ether oxygens (including phenoxy) is 2. The van der Waals surface area contributed by atoms with Gasteiger partial charge < -0.3 is 24.3 Å². The van der Waals surface area contributed by atoms with Crippen LogP contribution in [0.1, 0.15) is 23.1 Å². The summed E-state index contributed by atoms with van der Waals surface area (Å²) < 4.78 is 10.5. The van der Waals surface area contributed by atoms with Crippen molar-refractivity contribution in [1.82, 2.24) is 14.8 Å². The smallest absolute Gasteiger partial charge is 0.247 e. The fraction of sp³-hybridized carbons (Fsp3) is 0.273. The second-order valence-corrected chi connectivity index (χ2v) is 9.62. The Morgan fingerprint density at radius 3 is 2.38 bits per heavy atom. The van der Waals surface area contributed by atoms with Gasteiger partial charge in [-0.2, -0.15) is 0 Å². The van der Waals surface area contributed by atoms with E-state index in [1.165, 1.54) is 6.08 Å². The highest BCUT2D eigenvalue weighted by molar-refractivity contribution is 5.94. The Hall–Kier alpha value is -4.36. The molecule has 0 fully saturated rings. The quantitative estimate of drug-likeness (QED) is 0.174. The van der Waals surface area contributed by atoms with E-state index in [2.05, 4.69) is 11.1 Å². The van der Waals surface area contributed by atoms with Gasteiger partial charge in [0.05, 0.1) is 7.11 Å². The van der Waals surface area contributed by atoms with Gasteiger partial charge in [0.2, 0.25) is 11.8 Å². The van der Waals surface area contributed by atoms with Gasteiger partial charge in [-0.1, -0.05) is 60.7 Å². The molecule has 0 bridgehead atoms. The lowest BCUT2D eigenvalue weighted by molar-refractivity contribution is -0.138. The first-order valence-electron chi connectivity index (χ1n) is 13.5. The highest BCUT2D eigenvalue weighted by atomic mass is 16.5. The van der Waals surface area contributed by atoms with E-state index in [1.54, 1.807) is 25.2 Å². The van der Waals surface area contributed by atoms with Crippen molar-refractivity contribution in [2.75, 3.05) is 40.5 Å². The van der Waals surface area contributed by atoms with Crippen LogP contribution in [0.15, 0.2) is 91.1 Å². The summed E-state index contributed by atoms with van der Waals surface area (Å²) in [5.74, 6) is 0.462. The van der Waals surface area contributed by atoms with Crippen molar-refractivity contribution < 1.29 is 19.1 Å². The SMILES string of the molecule is COCCCN(CC(=O)N(CCc1c[nH]c2ccccc12)Cc1ccc(OC)cc1)C(=O)C=Cc1ccccc1. The van der Waals surface area contributed by atoms with Gasteiger partial charge in [-0.05, 0) is 53.8 Å². The molecule has 4 rings (SSSR count). The van der Waals surface area contributed by atoms with E-state index in [1.807, 2.05) is 83.9 Å². The first kappa shape index (κ1) is 28.6.